The van der Waals surface area contributed by atoms with E-state index >= 15 is 0 Å². The normalized spacial score (nSPS) is 8.36. The molecule has 0 aliphatic rings. The number of hydrogen-bond donors (Lipinski definition) is 2. The molecule has 0 fully saturated rings. The Hall–Kier alpha value is -1.57. The molecule has 0 aliphatic heterocycles. The van der Waals surface area contributed by atoms with Crippen LogP contribution in [-0.4, -0.2) is 29.7 Å². The third-order valence-electron chi connectivity index (χ3n) is 1.07. The highest BCUT2D eigenvalue weighted by Gasteiger charge is 2.07. The molecule has 1 amide bonds. The van der Waals surface area contributed by atoms with Crippen molar-refractivity contribution in [3.63, 3.8) is 0 Å². The van der Waals surface area contributed by atoms with Crippen molar-refractivity contribution in [2.45, 2.75) is 6.92 Å². The third kappa shape index (κ3) is 3.92. The first-order valence-electron chi connectivity index (χ1n) is 3.03. The Balaban J connectivity index is 4.02. The van der Waals surface area contributed by atoms with Crippen molar-refractivity contribution in [2.24, 2.45) is 5.73 Å². The van der Waals surface area contributed by atoms with Gasteiger partial charge in [-0.1, -0.05) is 0 Å². The Labute approximate surface area is 64.9 Å². The fraction of sp³-hybridized carbons (Fsp3) is 0.500. The maximum Gasteiger partial charge on any atom is 0.220 e. The monoisotopic (exact) mass is 154 g/mol. The molecule has 0 aromatic heterocycles. The van der Waals surface area contributed by atoms with Gasteiger partial charge in [-0.05, 0) is 0 Å². The summed E-state index contributed by atoms with van der Waals surface area (Å²) in [5, 5.41) is 15.1. The van der Waals surface area contributed by atoms with Crippen LogP contribution in [0, 0.1) is 16.7 Å². The molecule has 0 aromatic rings. The predicted octanol–water partition coefficient (Wildman–Crippen LogP) is -0.706. The summed E-state index contributed by atoms with van der Waals surface area (Å²) in [5.74, 6) is -0.364. The molecule has 0 spiro atoms. The molecule has 0 rings (SSSR count). The first-order chi connectivity index (χ1) is 5.07. The number of nitrogens with zero attached hydrogens (tertiary/aromatic N) is 2. The molecule has 0 aromatic carbocycles. The van der Waals surface area contributed by atoms with Crippen molar-refractivity contribution in [2.75, 3.05) is 13.1 Å². The lowest BCUT2D eigenvalue weighted by atomic mass is 10.4. The Morgan fingerprint density at radius 1 is 1.82 bits per heavy atom. The van der Waals surface area contributed by atoms with Crippen LogP contribution in [-0.2, 0) is 4.79 Å². The van der Waals surface area contributed by atoms with E-state index in [1.807, 2.05) is 6.07 Å². The summed E-state index contributed by atoms with van der Waals surface area (Å²) in [6, 6.07) is 1.81. The summed E-state index contributed by atoms with van der Waals surface area (Å²) >= 11 is 0. The fourth-order valence-corrected chi connectivity index (χ4v) is 0.570. The van der Waals surface area contributed by atoms with E-state index < -0.39 is 0 Å². The van der Waals surface area contributed by atoms with E-state index in [2.05, 4.69) is 0 Å². The van der Waals surface area contributed by atoms with Crippen molar-refractivity contribution in [1.29, 1.82) is 10.7 Å². The van der Waals surface area contributed by atoms with Gasteiger partial charge in [0.05, 0.1) is 12.6 Å². The van der Waals surface area contributed by atoms with Crippen molar-refractivity contribution in [3.8, 4) is 6.07 Å². The van der Waals surface area contributed by atoms with E-state index in [0.717, 1.165) is 0 Å². The van der Waals surface area contributed by atoms with Gasteiger partial charge in [0.15, 0.2) is 0 Å². The van der Waals surface area contributed by atoms with Gasteiger partial charge >= 0.3 is 0 Å². The molecule has 0 heterocycles. The topological polar surface area (TPSA) is 94.0 Å². The van der Waals surface area contributed by atoms with Crippen LogP contribution in [0.2, 0.25) is 0 Å². The van der Waals surface area contributed by atoms with Crippen molar-refractivity contribution >= 4 is 11.7 Å². The minimum Gasteiger partial charge on any atom is -0.386 e. The van der Waals surface area contributed by atoms with Gasteiger partial charge in [-0.15, -0.1) is 0 Å². The summed E-state index contributed by atoms with van der Waals surface area (Å²) in [7, 11) is 0. The molecular weight excluding hydrogens is 144 g/mol. The Kier molecular flexibility index (Phi) is 3.67. The molecule has 11 heavy (non-hydrogen) atoms. The van der Waals surface area contributed by atoms with E-state index in [1.165, 1.54) is 11.8 Å². The maximum absolute atomic E-state index is 10.7. The minimum atomic E-state index is -0.248. The van der Waals surface area contributed by atoms with Crippen LogP contribution in [0.25, 0.3) is 0 Å². The largest absolute Gasteiger partial charge is 0.386 e. The maximum atomic E-state index is 10.7. The van der Waals surface area contributed by atoms with Crippen LogP contribution in [0.5, 0.6) is 0 Å². The molecule has 0 bridgehead atoms. The van der Waals surface area contributed by atoms with E-state index in [4.69, 9.17) is 16.4 Å². The molecule has 5 heteroatoms. The van der Waals surface area contributed by atoms with Crippen LogP contribution in [0.4, 0.5) is 0 Å². The summed E-state index contributed by atoms with van der Waals surface area (Å²) in [6.45, 7) is 1.35. The zero-order valence-corrected chi connectivity index (χ0v) is 6.29. The highest BCUT2D eigenvalue weighted by molar-refractivity contribution is 5.84. The highest BCUT2D eigenvalue weighted by Crippen LogP contribution is 1.86. The molecule has 5 nitrogen and oxygen atoms in total. The number of amidine groups is 1. The molecule has 0 radical (unpaired) electrons. The predicted molar refractivity (Wildman–Crippen MR) is 39.8 cm³/mol. The zero-order valence-electron chi connectivity index (χ0n) is 6.29. The summed E-state index contributed by atoms with van der Waals surface area (Å²) < 4.78 is 0. The lowest BCUT2D eigenvalue weighted by molar-refractivity contribution is -0.127. The second-order valence-corrected chi connectivity index (χ2v) is 2.06. The average Bonchev–Trinajstić information content (AvgIpc) is 1.86. The van der Waals surface area contributed by atoms with Gasteiger partial charge in [0.1, 0.15) is 12.4 Å². The number of nitriles is 1. The molecule has 60 valence electrons. The zero-order chi connectivity index (χ0) is 8.85. The molecule has 0 saturated heterocycles. The standard InChI is InChI=1S/C6H10N4O/c1-5(11)10(3-2-7)4-6(8)9/h3-4H2,1H3,(H3,8,9). The Morgan fingerprint density at radius 2 is 2.36 bits per heavy atom. The van der Waals surface area contributed by atoms with Crippen LogP contribution < -0.4 is 5.73 Å². The second-order valence-electron chi connectivity index (χ2n) is 2.06. The average molecular weight is 154 g/mol. The van der Waals surface area contributed by atoms with Crippen LogP contribution in [0.1, 0.15) is 6.92 Å². The van der Waals surface area contributed by atoms with Crippen molar-refractivity contribution < 1.29 is 4.79 Å². The van der Waals surface area contributed by atoms with E-state index in [9.17, 15) is 4.79 Å². The first-order valence-corrected chi connectivity index (χ1v) is 3.03. The lowest BCUT2D eigenvalue weighted by Crippen LogP contribution is -2.36. The lowest BCUT2D eigenvalue weighted by Gasteiger charge is -2.15. The molecule has 0 saturated carbocycles. The van der Waals surface area contributed by atoms with E-state index in [1.54, 1.807) is 0 Å². The quantitative estimate of drug-likeness (QED) is 0.319. The minimum absolute atomic E-state index is 0.0189. The number of nitrogens with two attached hydrogens (primary N) is 1. The Morgan fingerprint density at radius 3 is 2.64 bits per heavy atom. The fourth-order valence-electron chi connectivity index (χ4n) is 0.570. The highest BCUT2D eigenvalue weighted by atomic mass is 16.2. The van der Waals surface area contributed by atoms with Gasteiger partial charge in [-0.25, -0.2) is 0 Å². The van der Waals surface area contributed by atoms with Gasteiger partial charge < -0.3 is 10.6 Å². The number of hydrogen-bond acceptors (Lipinski definition) is 3. The van der Waals surface area contributed by atoms with Gasteiger partial charge in [0.2, 0.25) is 5.91 Å². The molecular formula is C6H10N4O. The summed E-state index contributed by atoms with van der Waals surface area (Å²) in [5.41, 5.74) is 5.04. The summed E-state index contributed by atoms with van der Waals surface area (Å²) in [4.78, 5) is 11.9. The third-order valence-corrected chi connectivity index (χ3v) is 1.07. The number of rotatable bonds is 3. The van der Waals surface area contributed by atoms with Gasteiger partial charge in [-0.3, -0.25) is 10.2 Å². The van der Waals surface area contributed by atoms with Gasteiger partial charge in [0, 0.05) is 6.92 Å². The molecule has 0 aliphatic carbocycles. The smallest absolute Gasteiger partial charge is 0.220 e. The number of carbonyl (C=O) groups is 1. The Bertz CT molecular complexity index is 205. The van der Waals surface area contributed by atoms with Gasteiger partial charge in [0.25, 0.3) is 0 Å². The van der Waals surface area contributed by atoms with Crippen LogP contribution >= 0.6 is 0 Å². The second kappa shape index (κ2) is 4.28. The molecule has 0 atom stereocenters. The molecule has 0 unspecified atom stereocenters. The SMILES string of the molecule is CC(=O)N(CC#N)CC(=N)N. The van der Waals surface area contributed by atoms with Gasteiger partial charge in [-0.2, -0.15) is 5.26 Å². The number of amides is 1. The first kappa shape index (κ1) is 9.43. The van der Waals surface area contributed by atoms with E-state index in [0.29, 0.717) is 0 Å². The van der Waals surface area contributed by atoms with E-state index in [-0.39, 0.29) is 24.8 Å². The van der Waals surface area contributed by atoms with Crippen molar-refractivity contribution in [3.05, 3.63) is 0 Å². The molecule has 3 N–H and O–H groups in total. The summed E-state index contributed by atoms with van der Waals surface area (Å²) in [6.07, 6.45) is 0. The van der Waals surface area contributed by atoms with Crippen molar-refractivity contribution in [1.82, 2.24) is 4.90 Å². The van der Waals surface area contributed by atoms with Crippen LogP contribution in [0.15, 0.2) is 0 Å². The van der Waals surface area contributed by atoms with Crippen LogP contribution in [0.3, 0.4) is 0 Å². The number of nitrogens with one attached hydrogen (secondary N) is 1. The number of carbonyl (C=O) groups excluding carboxylic acids is 1.